The molecule has 0 bridgehead atoms. The molecule has 0 saturated heterocycles. The van der Waals surface area contributed by atoms with Crippen LogP contribution in [0.5, 0.6) is 0 Å². The SMILES string of the molecule is CCCCCCOC(=O)c1ccc(C(F)(F)F)c(C(F)(F)F)c1. The fraction of sp³-hybridized carbons (Fsp3) is 0.533. The van der Waals surface area contributed by atoms with Gasteiger partial charge in [0.25, 0.3) is 0 Å². The van der Waals surface area contributed by atoms with Crippen LogP contribution in [0.15, 0.2) is 18.2 Å². The maximum atomic E-state index is 12.8. The van der Waals surface area contributed by atoms with Crippen molar-refractivity contribution in [2.45, 2.75) is 45.0 Å². The largest absolute Gasteiger partial charge is 0.462 e. The number of ether oxygens (including phenoxy) is 1. The van der Waals surface area contributed by atoms with Crippen LogP contribution < -0.4 is 0 Å². The standard InChI is InChI=1S/C15H16F6O2/c1-2-3-4-5-8-23-13(22)10-6-7-11(14(16,17)18)12(9-10)15(19,20)21/h6-7,9H,2-5,8H2,1H3. The molecule has 0 atom stereocenters. The van der Waals surface area contributed by atoms with Gasteiger partial charge in [0.15, 0.2) is 0 Å². The van der Waals surface area contributed by atoms with E-state index < -0.39 is 35.0 Å². The number of hydrogen-bond donors (Lipinski definition) is 0. The number of hydrogen-bond acceptors (Lipinski definition) is 2. The van der Waals surface area contributed by atoms with Crippen LogP contribution in [0.2, 0.25) is 0 Å². The summed E-state index contributed by atoms with van der Waals surface area (Å²) in [5.74, 6) is -1.07. The number of esters is 1. The lowest BCUT2D eigenvalue weighted by molar-refractivity contribution is -0.162. The highest BCUT2D eigenvalue weighted by Gasteiger charge is 2.43. The maximum absolute atomic E-state index is 12.8. The number of benzene rings is 1. The fourth-order valence-corrected chi connectivity index (χ4v) is 1.93. The summed E-state index contributed by atoms with van der Waals surface area (Å²) in [6, 6.07) is 1.11. The number of carbonyl (C=O) groups excluding carboxylic acids is 1. The minimum atomic E-state index is -5.22. The molecule has 1 rings (SSSR count). The topological polar surface area (TPSA) is 26.3 Å². The van der Waals surface area contributed by atoms with Gasteiger partial charge in [0.2, 0.25) is 0 Å². The summed E-state index contributed by atoms with van der Waals surface area (Å²) in [6.07, 6.45) is -7.15. The first-order chi connectivity index (χ1) is 10.6. The summed E-state index contributed by atoms with van der Waals surface area (Å²) < 4.78 is 80.9. The number of unbranched alkanes of at least 4 members (excludes halogenated alkanes) is 3. The van der Waals surface area contributed by atoms with Crippen LogP contribution in [0.25, 0.3) is 0 Å². The van der Waals surface area contributed by atoms with Crippen LogP contribution >= 0.6 is 0 Å². The fourth-order valence-electron chi connectivity index (χ4n) is 1.93. The van der Waals surface area contributed by atoms with E-state index in [-0.39, 0.29) is 18.7 Å². The van der Waals surface area contributed by atoms with Crippen molar-refractivity contribution in [2.24, 2.45) is 0 Å². The highest BCUT2D eigenvalue weighted by atomic mass is 19.4. The second-order valence-corrected chi connectivity index (χ2v) is 4.95. The van der Waals surface area contributed by atoms with Gasteiger partial charge >= 0.3 is 18.3 Å². The Kier molecular flexibility index (Phi) is 6.47. The van der Waals surface area contributed by atoms with Crippen molar-refractivity contribution < 1.29 is 35.9 Å². The summed E-state index contributed by atoms with van der Waals surface area (Å²) in [5, 5.41) is 0. The summed E-state index contributed by atoms with van der Waals surface area (Å²) >= 11 is 0. The molecule has 0 amide bonds. The molecule has 0 aliphatic carbocycles. The second kappa shape index (κ2) is 7.70. The summed E-state index contributed by atoms with van der Waals surface area (Å²) in [6.45, 7) is 1.99. The van der Waals surface area contributed by atoms with Crippen LogP contribution in [-0.2, 0) is 17.1 Å². The molecule has 2 nitrogen and oxygen atoms in total. The van der Waals surface area contributed by atoms with Crippen molar-refractivity contribution in [1.29, 1.82) is 0 Å². The van der Waals surface area contributed by atoms with Gasteiger partial charge in [-0.15, -0.1) is 0 Å². The average Bonchev–Trinajstić information content (AvgIpc) is 2.44. The van der Waals surface area contributed by atoms with Crippen LogP contribution in [0, 0.1) is 0 Å². The molecule has 0 aliphatic heterocycles. The first kappa shape index (κ1) is 19.3. The molecule has 130 valence electrons. The Morgan fingerprint density at radius 3 is 2.09 bits per heavy atom. The second-order valence-electron chi connectivity index (χ2n) is 4.95. The number of carbonyl (C=O) groups is 1. The van der Waals surface area contributed by atoms with Gasteiger partial charge in [-0.2, -0.15) is 26.3 Å². The van der Waals surface area contributed by atoms with E-state index in [0.717, 1.165) is 19.3 Å². The molecule has 8 heteroatoms. The van der Waals surface area contributed by atoms with E-state index in [1.807, 2.05) is 6.92 Å². The van der Waals surface area contributed by atoms with E-state index in [4.69, 9.17) is 4.74 Å². The molecule has 0 unspecified atom stereocenters. The lowest BCUT2D eigenvalue weighted by Crippen LogP contribution is -2.18. The van der Waals surface area contributed by atoms with E-state index in [0.29, 0.717) is 12.5 Å². The summed E-state index contributed by atoms with van der Waals surface area (Å²) in [7, 11) is 0. The Balaban J connectivity index is 2.91. The van der Waals surface area contributed by atoms with Crippen LogP contribution in [0.1, 0.15) is 54.1 Å². The monoisotopic (exact) mass is 342 g/mol. The van der Waals surface area contributed by atoms with E-state index in [9.17, 15) is 31.1 Å². The van der Waals surface area contributed by atoms with Crippen LogP contribution in [0.4, 0.5) is 26.3 Å². The van der Waals surface area contributed by atoms with Gasteiger partial charge < -0.3 is 4.74 Å². The van der Waals surface area contributed by atoms with Crippen molar-refractivity contribution >= 4 is 5.97 Å². The molecular weight excluding hydrogens is 326 g/mol. The first-order valence-electron chi connectivity index (χ1n) is 7.03. The predicted octanol–water partition coefficient (Wildman–Crippen LogP) is 5.46. The highest BCUT2D eigenvalue weighted by Crippen LogP contribution is 2.40. The first-order valence-corrected chi connectivity index (χ1v) is 7.03. The number of rotatable bonds is 6. The van der Waals surface area contributed by atoms with Gasteiger partial charge in [0.05, 0.1) is 23.3 Å². The van der Waals surface area contributed by atoms with Gasteiger partial charge in [0, 0.05) is 0 Å². The van der Waals surface area contributed by atoms with Gasteiger partial charge in [0.1, 0.15) is 0 Å². The molecule has 0 fully saturated rings. The lowest BCUT2D eigenvalue weighted by Gasteiger charge is -2.16. The Bertz CT molecular complexity index is 534. The summed E-state index contributed by atoms with van der Waals surface area (Å²) in [5.41, 5.74) is -4.28. The third-order valence-electron chi connectivity index (χ3n) is 3.10. The molecule has 0 aliphatic rings. The van der Waals surface area contributed by atoms with Gasteiger partial charge in [-0.05, 0) is 24.6 Å². The molecule has 1 aromatic rings. The van der Waals surface area contributed by atoms with Crippen molar-refractivity contribution in [3.63, 3.8) is 0 Å². The Hall–Kier alpha value is -1.73. The Morgan fingerprint density at radius 1 is 0.957 bits per heavy atom. The van der Waals surface area contributed by atoms with E-state index in [1.54, 1.807) is 0 Å². The highest BCUT2D eigenvalue weighted by molar-refractivity contribution is 5.89. The minimum absolute atomic E-state index is 0.0151. The van der Waals surface area contributed by atoms with Crippen molar-refractivity contribution in [2.75, 3.05) is 6.61 Å². The predicted molar refractivity (Wildman–Crippen MR) is 70.9 cm³/mol. The van der Waals surface area contributed by atoms with E-state index in [2.05, 4.69) is 0 Å². The molecule has 23 heavy (non-hydrogen) atoms. The van der Waals surface area contributed by atoms with Gasteiger partial charge in [-0.1, -0.05) is 26.2 Å². The Labute approximate surface area is 129 Å². The smallest absolute Gasteiger partial charge is 0.417 e. The molecule has 0 saturated carbocycles. The molecule has 0 spiro atoms. The third kappa shape index (κ3) is 5.76. The number of alkyl halides is 6. The zero-order valence-corrected chi connectivity index (χ0v) is 12.4. The van der Waals surface area contributed by atoms with Gasteiger partial charge in [-0.3, -0.25) is 0 Å². The quantitative estimate of drug-likeness (QED) is 0.390. The average molecular weight is 342 g/mol. The minimum Gasteiger partial charge on any atom is -0.462 e. The van der Waals surface area contributed by atoms with Crippen molar-refractivity contribution in [3.05, 3.63) is 34.9 Å². The van der Waals surface area contributed by atoms with Crippen molar-refractivity contribution in [3.8, 4) is 0 Å². The molecule has 1 aromatic carbocycles. The molecular formula is C15H16F6O2. The zero-order valence-electron chi connectivity index (χ0n) is 12.4. The summed E-state index contributed by atoms with van der Waals surface area (Å²) in [4.78, 5) is 11.6. The molecule has 0 heterocycles. The van der Waals surface area contributed by atoms with Crippen LogP contribution in [-0.4, -0.2) is 12.6 Å². The van der Waals surface area contributed by atoms with E-state index in [1.165, 1.54) is 0 Å². The maximum Gasteiger partial charge on any atom is 0.417 e. The Morgan fingerprint density at radius 2 is 1.57 bits per heavy atom. The van der Waals surface area contributed by atoms with Gasteiger partial charge in [-0.25, -0.2) is 4.79 Å². The normalized spacial score (nSPS) is 12.3. The van der Waals surface area contributed by atoms with E-state index >= 15 is 0 Å². The molecule has 0 N–H and O–H groups in total. The third-order valence-corrected chi connectivity index (χ3v) is 3.10. The zero-order chi connectivity index (χ0) is 17.7. The lowest BCUT2D eigenvalue weighted by atomic mass is 10.0. The molecule has 0 aromatic heterocycles. The van der Waals surface area contributed by atoms with Crippen molar-refractivity contribution in [1.82, 2.24) is 0 Å². The molecule has 0 radical (unpaired) electrons. The van der Waals surface area contributed by atoms with Crippen LogP contribution in [0.3, 0.4) is 0 Å². The number of halogens is 6.